The number of ether oxygens (including phenoxy) is 1. The SMILES string of the molecule is COc1ccccc1[C@@H]1C=C(C(=O)O)Nc2ncnn21. The average Bonchev–Trinajstić information content (AvgIpc) is 2.94. The van der Waals surface area contributed by atoms with Crippen molar-refractivity contribution in [1.29, 1.82) is 0 Å². The molecule has 20 heavy (non-hydrogen) atoms. The second-order valence-electron chi connectivity index (χ2n) is 4.23. The predicted octanol–water partition coefficient (Wildman–Crippen LogP) is 1.27. The monoisotopic (exact) mass is 272 g/mol. The van der Waals surface area contributed by atoms with E-state index in [1.165, 1.54) is 6.33 Å². The van der Waals surface area contributed by atoms with Crippen LogP contribution in [-0.2, 0) is 4.79 Å². The third-order valence-corrected chi connectivity index (χ3v) is 3.10. The molecule has 2 aromatic rings. The fraction of sp³-hybridized carbons (Fsp3) is 0.154. The van der Waals surface area contributed by atoms with Crippen molar-refractivity contribution in [3.63, 3.8) is 0 Å². The summed E-state index contributed by atoms with van der Waals surface area (Å²) >= 11 is 0. The van der Waals surface area contributed by atoms with Gasteiger partial charge < -0.3 is 15.2 Å². The van der Waals surface area contributed by atoms with E-state index in [9.17, 15) is 9.90 Å². The zero-order valence-corrected chi connectivity index (χ0v) is 10.6. The summed E-state index contributed by atoms with van der Waals surface area (Å²) < 4.78 is 6.94. The van der Waals surface area contributed by atoms with E-state index in [0.717, 1.165) is 5.56 Å². The van der Waals surface area contributed by atoms with Gasteiger partial charge in [-0.1, -0.05) is 18.2 Å². The molecule has 2 N–H and O–H groups in total. The summed E-state index contributed by atoms with van der Waals surface area (Å²) in [5.74, 6) is 0.0155. The van der Waals surface area contributed by atoms with Gasteiger partial charge in [-0.2, -0.15) is 10.1 Å². The van der Waals surface area contributed by atoms with Gasteiger partial charge >= 0.3 is 5.97 Å². The third-order valence-electron chi connectivity index (χ3n) is 3.10. The zero-order valence-electron chi connectivity index (χ0n) is 10.6. The molecule has 0 fully saturated rings. The van der Waals surface area contributed by atoms with Gasteiger partial charge in [0.2, 0.25) is 5.95 Å². The first-order valence-corrected chi connectivity index (χ1v) is 5.95. The molecule has 1 aliphatic heterocycles. The van der Waals surface area contributed by atoms with Gasteiger partial charge in [0.25, 0.3) is 0 Å². The standard InChI is InChI=1S/C13H12N4O3/c1-20-11-5-3-2-4-8(11)10-6-9(12(18)19)16-13-14-7-15-17(10)13/h2-7,10H,1H3,(H,18,19)(H,14,15,16)/t10-/m0/s1. The van der Waals surface area contributed by atoms with Gasteiger partial charge in [0, 0.05) is 5.56 Å². The number of nitrogens with one attached hydrogen (secondary N) is 1. The number of hydrogen-bond donors (Lipinski definition) is 2. The minimum Gasteiger partial charge on any atom is -0.496 e. The van der Waals surface area contributed by atoms with Crippen LogP contribution >= 0.6 is 0 Å². The Morgan fingerprint density at radius 3 is 3.00 bits per heavy atom. The van der Waals surface area contributed by atoms with Crippen molar-refractivity contribution in [2.45, 2.75) is 6.04 Å². The van der Waals surface area contributed by atoms with Crippen LogP contribution in [0.15, 0.2) is 42.4 Å². The molecule has 0 radical (unpaired) electrons. The van der Waals surface area contributed by atoms with Crippen molar-refractivity contribution >= 4 is 11.9 Å². The van der Waals surface area contributed by atoms with E-state index in [4.69, 9.17) is 4.74 Å². The van der Waals surface area contributed by atoms with Crippen molar-refractivity contribution in [1.82, 2.24) is 14.8 Å². The first kappa shape index (κ1) is 12.2. The third kappa shape index (κ3) is 1.89. The van der Waals surface area contributed by atoms with Gasteiger partial charge in [-0.25, -0.2) is 9.48 Å². The molecule has 0 amide bonds. The van der Waals surface area contributed by atoms with E-state index < -0.39 is 5.97 Å². The van der Waals surface area contributed by atoms with Crippen LogP contribution in [0.1, 0.15) is 11.6 Å². The number of methoxy groups -OCH3 is 1. The molecule has 1 atom stereocenters. The summed E-state index contributed by atoms with van der Waals surface area (Å²) in [7, 11) is 1.57. The van der Waals surface area contributed by atoms with Crippen LogP contribution in [0.4, 0.5) is 5.95 Å². The Labute approximate surface area is 114 Å². The van der Waals surface area contributed by atoms with E-state index >= 15 is 0 Å². The van der Waals surface area contributed by atoms with Crippen LogP contribution in [-0.4, -0.2) is 33.0 Å². The van der Waals surface area contributed by atoms with Crippen LogP contribution < -0.4 is 10.1 Å². The Morgan fingerprint density at radius 2 is 2.25 bits per heavy atom. The molecule has 0 saturated carbocycles. The van der Waals surface area contributed by atoms with E-state index in [-0.39, 0.29) is 11.7 Å². The number of aromatic nitrogens is 3. The molecule has 3 rings (SSSR count). The number of nitrogens with zero attached hydrogens (tertiary/aromatic N) is 3. The number of carbonyl (C=O) groups is 1. The van der Waals surface area contributed by atoms with Gasteiger partial charge in [0.15, 0.2) is 0 Å². The van der Waals surface area contributed by atoms with Crippen molar-refractivity contribution < 1.29 is 14.6 Å². The van der Waals surface area contributed by atoms with E-state index in [1.54, 1.807) is 17.9 Å². The number of benzene rings is 1. The number of hydrogen-bond acceptors (Lipinski definition) is 5. The van der Waals surface area contributed by atoms with Crippen LogP contribution in [0.3, 0.4) is 0 Å². The molecule has 2 heterocycles. The van der Waals surface area contributed by atoms with Gasteiger partial charge in [-0.15, -0.1) is 0 Å². The van der Waals surface area contributed by atoms with Crippen LogP contribution in [0, 0.1) is 0 Å². The molecule has 0 bridgehead atoms. The lowest BCUT2D eigenvalue weighted by Crippen LogP contribution is -2.24. The number of anilines is 1. The molecule has 0 spiro atoms. The normalized spacial score (nSPS) is 16.9. The van der Waals surface area contributed by atoms with Crippen molar-refractivity contribution in [3.8, 4) is 5.75 Å². The lowest BCUT2D eigenvalue weighted by atomic mass is 10.0. The molecule has 1 aromatic heterocycles. The molecule has 0 unspecified atom stereocenters. The summed E-state index contributed by atoms with van der Waals surface area (Å²) in [4.78, 5) is 15.2. The lowest BCUT2D eigenvalue weighted by molar-refractivity contribution is -0.132. The number of fused-ring (bicyclic) bond motifs is 1. The largest absolute Gasteiger partial charge is 0.496 e. The highest BCUT2D eigenvalue weighted by molar-refractivity contribution is 5.90. The zero-order chi connectivity index (χ0) is 14.1. The fourth-order valence-electron chi connectivity index (χ4n) is 2.19. The Hall–Kier alpha value is -2.83. The van der Waals surface area contributed by atoms with Gasteiger partial charge in [0.1, 0.15) is 23.8 Å². The van der Waals surface area contributed by atoms with Crippen LogP contribution in [0.25, 0.3) is 0 Å². The summed E-state index contributed by atoms with van der Waals surface area (Å²) in [5.41, 5.74) is 0.892. The molecule has 0 saturated heterocycles. The smallest absolute Gasteiger partial charge is 0.352 e. The number of rotatable bonds is 3. The molecular weight excluding hydrogens is 260 g/mol. The molecule has 7 nitrogen and oxygen atoms in total. The Balaban J connectivity index is 2.14. The molecule has 1 aromatic carbocycles. The van der Waals surface area contributed by atoms with Crippen molar-refractivity contribution in [2.75, 3.05) is 12.4 Å². The molecule has 0 aliphatic carbocycles. The van der Waals surface area contributed by atoms with Gasteiger partial charge in [-0.05, 0) is 12.1 Å². The molecular formula is C13H12N4O3. The lowest BCUT2D eigenvalue weighted by Gasteiger charge is -2.23. The highest BCUT2D eigenvalue weighted by Gasteiger charge is 2.27. The number of carboxylic acid groups (broad SMARTS) is 1. The molecule has 7 heteroatoms. The van der Waals surface area contributed by atoms with Gasteiger partial charge in [-0.3, -0.25) is 0 Å². The second kappa shape index (κ2) is 4.69. The Morgan fingerprint density at radius 1 is 1.45 bits per heavy atom. The summed E-state index contributed by atoms with van der Waals surface area (Å²) in [6, 6.07) is 7.03. The van der Waals surface area contributed by atoms with E-state index in [0.29, 0.717) is 11.7 Å². The maximum atomic E-state index is 11.2. The predicted molar refractivity (Wildman–Crippen MR) is 70.5 cm³/mol. The maximum absolute atomic E-state index is 11.2. The minimum absolute atomic E-state index is 0.0707. The Bertz CT molecular complexity index is 692. The first-order valence-electron chi connectivity index (χ1n) is 5.95. The number of para-hydroxylation sites is 1. The molecule has 1 aliphatic rings. The number of allylic oxidation sites excluding steroid dienone is 1. The van der Waals surface area contributed by atoms with Crippen molar-refractivity contribution in [2.24, 2.45) is 0 Å². The highest BCUT2D eigenvalue weighted by Crippen LogP contribution is 2.33. The second-order valence-corrected chi connectivity index (χ2v) is 4.23. The van der Waals surface area contributed by atoms with E-state index in [1.807, 2.05) is 24.3 Å². The Kier molecular flexibility index (Phi) is 2.86. The number of aliphatic carboxylic acids is 1. The first-order chi connectivity index (χ1) is 9.70. The van der Waals surface area contributed by atoms with Crippen molar-refractivity contribution in [3.05, 3.63) is 47.9 Å². The summed E-state index contributed by atoms with van der Waals surface area (Å²) in [6.45, 7) is 0. The van der Waals surface area contributed by atoms with Crippen LogP contribution in [0.2, 0.25) is 0 Å². The topological polar surface area (TPSA) is 89.3 Å². The van der Waals surface area contributed by atoms with E-state index in [2.05, 4.69) is 15.4 Å². The average molecular weight is 272 g/mol. The summed E-state index contributed by atoms with van der Waals surface area (Å²) in [5, 5.41) is 16.0. The fourth-order valence-corrected chi connectivity index (χ4v) is 2.19. The number of carboxylic acids is 1. The van der Waals surface area contributed by atoms with Gasteiger partial charge in [0.05, 0.1) is 7.11 Å². The summed E-state index contributed by atoms with van der Waals surface area (Å²) in [6.07, 6.45) is 2.96. The van der Waals surface area contributed by atoms with Crippen LogP contribution in [0.5, 0.6) is 5.75 Å². The maximum Gasteiger partial charge on any atom is 0.352 e. The highest BCUT2D eigenvalue weighted by atomic mass is 16.5. The quantitative estimate of drug-likeness (QED) is 0.874. The minimum atomic E-state index is -1.04. The molecule has 102 valence electrons.